The van der Waals surface area contributed by atoms with Gasteiger partial charge in [0.15, 0.2) is 0 Å². The van der Waals surface area contributed by atoms with Crippen molar-refractivity contribution in [2.24, 2.45) is 17.8 Å². The van der Waals surface area contributed by atoms with E-state index >= 15 is 0 Å². The van der Waals surface area contributed by atoms with Crippen LogP contribution in [0.2, 0.25) is 0 Å². The van der Waals surface area contributed by atoms with Crippen LogP contribution >= 0.6 is 0 Å². The molecule has 0 aliphatic heterocycles. The Labute approximate surface area is 269 Å². The molecule has 0 aliphatic rings. The van der Waals surface area contributed by atoms with Gasteiger partial charge in [0.2, 0.25) is 0 Å². The molecule has 0 aromatic heterocycles. The predicted octanol–water partition coefficient (Wildman–Crippen LogP) is 17.3. The Bertz CT molecular complexity index is 242. The molecule has 0 saturated heterocycles. The lowest BCUT2D eigenvalue weighted by Gasteiger charge is -2.03. The molecule has 0 fully saturated rings. The number of hydrogen-bond donors (Lipinski definition) is 0. The summed E-state index contributed by atoms with van der Waals surface area (Å²) in [4.78, 5) is 0. The van der Waals surface area contributed by atoms with Crippen molar-refractivity contribution < 1.29 is 0 Å². The van der Waals surface area contributed by atoms with Gasteiger partial charge in [-0.25, -0.2) is 0 Å². The molecule has 0 amide bonds. The third-order valence-electron chi connectivity index (χ3n) is 5.21. The zero-order chi connectivity index (χ0) is 33.6. The maximum absolute atomic E-state index is 2.30. The molecule has 41 heavy (non-hydrogen) atoms. The quantitative estimate of drug-likeness (QED) is 0.140. The minimum atomic E-state index is 0.833. The van der Waals surface area contributed by atoms with Crippen LogP contribution in [0.25, 0.3) is 0 Å². The minimum absolute atomic E-state index is 0.833. The normalized spacial score (nSPS) is 9.37. The molecule has 0 aliphatic carbocycles. The van der Waals surface area contributed by atoms with Gasteiger partial charge in [-0.3, -0.25) is 0 Å². The first-order valence-electron chi connectivity index (χ1n) is 19.4. The van der Waals surface area contributed by atoms with Crippen molar-refractivity contribution in [2.45, 2.75) is 253 Å². The Morgan fingerprint density at radius 2 is 0.317 bits per heavy atom. The highest BCUT2D eigenvalue weighted by molar-refractivity contribution is 4.49. The summed E-state index contributed by atoms with van der Waals surface area (Å²) in [6, 6.07) is 0. The zero-order valence-corrected chi connectivity index (χ0v) is 33.6. The molecule has 0 rings (SSSR count). The van der Waals surface area contributed by atoms with Gasteiger partial charge < -0.3 is 0 Å². The molecular weight excluding hydrogens is 492 g/mol. The summed E-state index contributed by atoms with van der Waals surface area (Å²) in [5, 5.41) is 0. The lowest BCUT2D eigenvalue weighted by Crippen LogP contribution is -1.83. The summed E-state index contributed by atoms with van der Waals surface area (Å²) in [5.74, 6) is 2.50. The fourth-order valence-electron chi connectivity index (χ4n) is 2.80. The predicted molar refractivity (Wildman–Crippen MR) is 204 cm³/mol. The van der Waals surface area contributed by atoms with Crippen molar-refractivity contribution in [3.63, 3.8) is 0 Å². The molecule has 0 spiro atoms. The van der Waals surface area contributed by atoms with Gasteiger partial charge in [0.05, 0.1) is 0 Å². The van der Waals surface area contributed by atoms with Crippen molar-refractivity contribution >= 4 is 0 Å². The third kappa shape index (κ3) is 178. The summed E-state index contributed by atoms with van der Waals surface area (Å²) in [6.45, 7) is 36.8. The monoisotopic (exact) mass is 589 g/mol. The van der Waals surface area contributed by atoms with Gasteiger partial charge in [-0.05, 0) is 17.8 Å². The lowest BCUT2D eigenvalue weighted by molar-refractivity contribution is 0.529. The Morgan fingerprint density at radius 3 is 0.390 bits per heavy atom. The molecule has 0 aromatic rings. The topological polar surface area (TPSA) is 0 Å². The van der Waals surface area contributed by atoms with Crippen molar-refractivity contribution in [1.29, 1.82) is 0 Å². The third-order valence-corrected chi connectivity index (χ3v) is 5.21. The second-order valence-electron chi connectivity index (χ2n) is 13.5. The van der Waals surface area contributed by atoms with E-state index in [1.165, 1.54) is 135 Å². The van der Waals surface area contributed by atoms with Gasteiger partial charge in [-0.15, -0.1) is 0 Å². The average molecular weight is 589 g/mol. The molecule has 0 bridgehead atoms. The number of unbranched alkanes of at least 4 members (excludes halogenated alkanes) is 18. The summed E-state index contributed by atoms with van der Waals surface area (Å²) in [7, 11) is 0. The van der Waals surface area contributed by atoms with Crippen molar-refractivity contribution in [2.75, 3.05) is 0 Å². The zero-order valence-electron chi connectivity index (χ0n) is 33.6. The maximum atomic E-state index is 2.30. The fourth-order valence-corrected chi connectivity index (χ4v) is 2.80. The maximum Gasteiger partial charge on any atom is -0.0500 e. The van der Waals surface area contributed by atoms with Crippen LogP contribution in [0.3, 0.4) is 0 Å². The number of hydrogen-bond acceptors (Lipinski definition) is 0. The van der Waals surface area contributed by atoms with Gasteiger partial charge >= 0.3 is 0 Å². The smallest absolute Gasteiger partial charge is 0.0500 e. The van der Waals surface area contributed by atoms with Gasteiger partial charge in [0.25, 0.3) is 0 Å². The Morgan fingerprint density at radius 1 is 0.220 bits per heavy atom. The summed E-state index contributed by atoms with van der Waals surface area (Å²) >= 11 is 0. The number of rotatable bonds is 18. The standard InChI is InChI=1S/C19H40.5C4H10.C2H6/c1-3-5-7-9-11-13-15-17-19-18-16-14-12-10-8-6-4-2;3*1-4(2)3;2*1-3-4-2;1-2/h3-19H2,1-2H3;3*4H,1-3H3;2*3-4H2,1-2H3;1-2H3. The van der Waals surface area contributed by atoms with Gasteiger partial charge in [0, 0.05) is 0 Å². The Hall–Kier alpha value is 0. The van der Waals surface area contributed by atoms with Crippen molar-refractivity contribution in [3.8, 4) is 0 Å². The van der Waals surface area contributed by atoms with E-state index in [-0.39, 0.29) is 0 Å². The highest BCUT2D eigenvalue weighted by atomic mass is 14.0. The van der Waals surface area contributed by atoms with Crippen molar-refractivity contribution in [3.05, 3.63) is 0 Å². The highest BCUT2D eigenvalue weighted by Crippen LogP contribution is 2.13. The van der Waals surface area contributed by atoms with Gasteiger partial charge in [-0.2, -0.15) is 0 Å². The SMILES string of the molecule is CC.CC(C)C.CC(C)C.CC(C)C.CCCC.CCCC.CCCCCCCCCCCCCCCCCCC. The first kappa shape index (κ1) is 56.7. The summed E-state index contributed by atoms with van der Waals surface area (Å²) in [6.07, 6.45) is 30.2. The van der Waals surface area contributed by atoms with E-state index in [4.69, 9.17) is 0 Å². The second kappa shape index (κ2) is 67.6. The van der Waals surface area contributed by atoms with Crippen LogP contribution < -0.4 is 0 Å². The Kier molecular flexibility index (Phi) is 93.6. The molecule has 0 nitrogen and oxygen atoms in total. The average Bonchev–Trinajstić information content (AvgIpc) is 2.91. The lowest BCUT2D eigenvalue weighted by atomic mass is 10.0. The van der Waals surface area contributed by atoms with Crippen LogP contribution in [0, 0.1) is 17.8 Å². The van der Waals surface area contributed by atoms with Crippen LogP contribution in [-0.2, 0) is 0 Å². The summed E-state index contributed by atoms with van der Waals surface area (Å²) in [5.41, 5.74) is 0. The van der Waals surface area contributed by atoms with E-state index in [9.17, 15) is 0 Å². The molecule has 0 aromatic carbocycles. The molecule has 0 N–H and O–H groups in total. The molecule has 0 radical (unpaired) electrons. The second-order valence-corrected chi connectivity index (χ2v) is 13.5. The van der Waals surface area contributed by atoms with E-state index < -0.39 is 0 Å². The van der Waals surface area contributed by atoms with Crippen LogP contribution in [0.5, 0.6) is 0 Å². The Balaban J connectivity index is -0.0000000849. The van der Waals surface area contributed by atoms with Crippen LogP contribution in [-0.4, -0.2) is 0 Å². The molecule has 0 heterocycles. The summed E-state index contributed by atoms with van der Waals surface area (Å²) < 4.78 is 0. The highest BCUT2D eigenvalue weighted by Gasteiger charge is 1.94. The molecule has 0 unspecified atom stereocenters. The molecular formula is C41H96. The first-order chi connectivity index (χ1) is 19.4. The van der Waals surface area contributed by atoms with E-state index in [0.29, 0.717) is 0 Å². The van der Waals surface area contributed by atoms with E-state index in [2.05, 4.69) is 104 Å². The minimum Gasteiger partial charge on any atom is -0.0683 e. The van der Waals surface area contributed by atoms with E-state index in [1.54, 1.807) is 0 Å². The first-order valence-corrected chi connectivity index (χ1v) is 19.4. The van der Waals surface area contributed by atoms with E-state index in [1.807, 2.05) is 13.8 Å². The van der Waals surface area contributed by atoms with Gasteiger partial charge in [-0.1, -0.05) is 253 Å². The van der Waals surface area contributed by atoms with E-state index in [0.717, 1.165) is 17.8 Å². The van der Waals surface area contributed by atoms with Crippen LogP contribution in [0.1, 0.15) is 253 Å². The van der Waals surface area contributed by atoms with Crippen LogP contribution in [0.4, 0.5) is 0 Å². The fraction of sp³-hybridized carbons (Fsp3) is 1.00. The molecule has 0 saturated carbocycles. The van der Waals surface area contributed by atoms with Crippen molar-refractivity contribution in [1.82, 2.24) is 0 Å². The molecule has 0 atom stereocenters. The largest absolute Gasteiger partial charge is 0.0683 e. The molecule has 0 heteroatoms. The molecule has 260 valence electrons. The van der Waals surface area contributed by atoms with Crippen LogP contribution in [0.15, 0.2) is 0 Å². The van der Waals surface area contributed by atoms with Gasteiger partial charge in [0.1, 0.15) is 0 Å².